The van der Waals surface area contributed by atoms with Gasteiger partial charge in [-0.25, -0.2) is 9.97 Å². The first-order valence-corrected chi connectivity index (χ1v) is 12.7. The molecule has 5 rings (SSSR count). The number of rotatable bonds is 6. The highest BCUT2D eigenvalue weighted by molar-refractivity contribution is 5.97. The van der Waals surface area contributed by atoms with Crippen molar-refractivity contribution in [1.29, 1.82) is 5.26 Å². The van der Waals surface area contributed by atoms with Crippen LogP contribution in [0.15, 0.2) is 90.9 Å². The summed E-state index contributed by atoms with van der Waals surface area (Å²) in [5.74, 6) is 0.525. The molecule has 2 aliphatic heterocycles. The van der Waals surface area contributed by atoms with Gasteiger partial charge in [-0.15, -0.1) is 0 Å². The lowest BCUT2D eigenvalue weighted by Gasteiger charge is -2.40. The van der Waals surface area contributed by atoms with Gasteiger partial charge in [-0.2, -0.15) is 5.26 Å². The topological polar surface area (TPSA) is 79.6 Å². The van der Waals surface area contributed by atoms with Crippen LogP contribution in [0.1, 0.15) is 17.2 Å². The van der Waals surface area contributed by atoms with Gasteiger partial charge in [0, 0.05) is 71.0 Å². The van der Waals surface area contributed by atoms with E-state index < -0.39 is 0 Å². The summed E-state index contributed by atoms with van der Waals surface area (Å²) in [7, 11) is 0. The number of carbonyl (C=O) groups excluding carboxylic acids is 1. The molecule has 37 heavy (non-hydrogen) atoms. The van der Waals surface area contributed by atoms with Gasteiger partial charge < -0.3 is 14.7 Å². The maximum absolute atomic E-state index is 13.3. The molecule has 0 atom stereocenters. The van der Waals surface area contributed by atoms with E-state index in [1.807, 2.05) is 21.9 Å². The van der Waals surface area contributed by atoms with Crippen molar-refractivity contribution in [2.75, 3.05) is 57.3 Å². The number of benzene rings is 2. The standard InChI is InChI=1S/C29H31N7O/c30-22-26(23-33-14-16-36(17-15-33)29-31-12-7-13-32-29)28(37)35-20-18-34(19-21-35)27(24-8-3-1-4-9-24)25-10-5-2-6-11-25/h1-13,23,27H,14-21H2/b26-23-. The number of nitrogens with zero attached hydrogens (tertiary/aromatic N) is 7. The SMILES string of the molecule is N#C/C(=C/N1CCN(c2ncccn2)CC1)C(=O)N1CCN(C(c2ccccc2)c2ccccc2)CC1. The Morgan fingerprint density at radius 1 is 0.784 bits per heavy atom. The maximum Gasteiger partial charge on any atom is 0.266 e. The first-order valence-electron chi connectivity index (χ1n) is 12.7. The number of piperazine rings is 2. The second kappa shape index (κ2) is 11.7. The van der Waals surface area contributed by atoms with E-state index in [-0.39, 0.29) is 17.5 Å². The molecule has 0 aliphatic carbocycles. The second-order valence-electron chi connectivity index (χ2n) is 9.28. The predicted molar refractivity (Wildman–Crippen MR) is 142 cm³/mol. The number of amides is 1. The average Bonchev–Trinajstić information content (AvgIpc) is 2.98. The third-order valence-corrected chi connectivity index (χ3v) is 7.01. The van der Waals surface area contributed by atoms with Crippen molar-refractivity contribution >= 4 is 11.9 Å². The van der Waals surface area contributed by atoms with Gasteiger partial charge in [0.15, 0.2) is 0 Å². The number of carbonyl (C=O) groups is 1. The van der Waals surface area contributed by atoms with Crippen LogP contribution in [0, 0.1) is 11.3 Å². The van der Waals surface area contributed by atoms with E-state index in [0.717, 1.165) is 26.2 Å². The molecule has 0 unspecified atom stereocenters. The Bertz CT molecular complexity index is 1190. The molecule has 0 radical (unpaired) electrons. The first-order chi connectivity index (χ1) is 18.2. The van der Waals surface area contributed by atoms with E-state index in [1.165, 1.54) is 11.1 Å². The molecule has 0 saturated carbocycles. The first kappa shape index (κ1) is 24.5. The van der Waals surface area contributed by atoms with Crippen LogP contribution in [0.4, 0.5) is 5.95 Å². The van der Waals surface area contributed by atoms with Crippen molar-refractivity contribution in [3.63, 3.8) is 0 Å². The number of anilines is 1. The molecule has 1 aromatic heterocycles. The summed E-state index contributed by atoms with van der Waals surface area (Å²) >= 11 is 0. The van der Waals surface area contributed by atoms with Gasteiger partial charge >= 0.3 is 0 Å². The lowest BCUT2D eigenvalue weighted by Crippen LogP contribution is -2.50. The van der Waals surface area contributed by atoms with Crippen molar-refractivity contribution in [3.05, 3.63) is 102 Å². The molecule has 8 heteroatoms. The van der Waals surface area contributed by atoms with E-state index >= 15 is 0 Å². The van der Waals surface area contributed by atoms with Crippen molar-refractivity contribution in [2.24, 2.45) is 0 Å². The molecule has 3 heterocycles. The van der Waals surface area contributed by atoms with Gasteiger partial charge in [0.05, 0.1) is 6.04 Å². The zero-order valence-electron chi connectivity index (χ0n) is 20.9. The Balaban J connectivity index is 1.21. The van der Waals surface area contributed by atoms with Gasteiger partial charge in [-0.3, -0.25) is 9.69 Å². The van der Waals surface area contributed by atoms with Crippen LogP contribution in [0.5, 0.6) is 0 Å². The summed E-state index contributed by atoms with van der Waals surface area (Å²) in [6.07, 6.45) is 5.21. The molecular weight excluding hydrogens is 462 g/mol. The molecule has 2 aliphatic rings. The Morgan fingerprint density at radius 2 is 1.35 bits per heavy atom. The van der Waals surface area contributed by atoms with Crippen LogP contribution in [0.25, 0.3) is 0 Å². The smallest absolute Gasteiger partial charge is 0.266 e. The quantitative estimate of drug-likeness (QED) is 0.386. The number of nitriles is 1. The van der Waals surface area contributed by atoms with Gasteiger partial charge in [-0.05, 0) is 17.2 Å². The van der Waals surface area contributed by atoms with Gasteiger partial charge in [0.1, 0.15) is 11.6 Å². The Hall–Kier alpha value is -4.22. The van der Waals surface area contributed by atoms with Gasteiger partial charge in [0.2, 0.25) is 5.95 Å². The Morgan fingerprint density at radius 3 is 1.89 bits per heavy atom. The molecule has 2 saturated heterocycles. The fourth-order valence-corrected chi connectivity index (χ4v) is 5.06. The molecule has 3 aromatic rings. The minimum absolute atomic E-state index is 0.135. The maximum atomic E-state index is 13.3. The van der Waals surface area contributed by atoms with E-state index in [0.29, 0.717) is 32.1 Å². The third kappa shape index (κ3) is 5.79. The summed E-state index contributed by atoms with van der Waals surface area (Å²) in [5.41, 5.74) is 2.68. The van der Waals surface area contributed by atoms with E-state index in [1.54, 1.807) is 24.7 Å². The highest BCUT2D eigenvalue weighted by Gasteiger charge is 2.29. The fraction of sp³-hybridized carbons (Fsp3) is 0.310. The highest BCUT2D eigenvalue weighted by atomic mass is 16.2. The normalized spacial score (nSPS) is 17.1. The van der Waals surface area contributed by atoms with Crippen molar-refractivity contribution in [1.82, 2.24) is 24.7 Å². The monoisotopic (exact) mass is 493 g/mol. The zero-order valence-corrected chi connectivity index (χ0v) is 20.9. The summed E-state index contributed by atoms with van der Waals surface area (Å²) in [5, 5.41) is 9.79. The van der Waals surface area contributed by atoms with Crippen LogP contribution in [-0.4, -0.2) is 82.9 Å². The van der Waals surface area contributed by atoms with Crippen molar-refractivity contribution in [2.45, 2.75) is 6.04 Å². The lowest BCUT2D eigenvalue weighted by atomic mass is 9.96. The van der Waals surface area contributed by atoms with E-state index in [2.05, 4.69) is 74.4 Å². The van der Waals surface area contributed by atoms with Gasteiger partial charge in [0.25, 0.3) is 5.91 Å². The van der Waals surface area contributed by atoms with Crippen LogP contribution < -0.4 is 4.90 Å². The zero-order chi connectivity index (χ0) is 25.5. The van der Waals surface area contributed by atoms with Gasteiger partial charge in [-0.1, -0.05) is 60.7 Å². The molecule has 8 nitrogen and oxygen atoms in total. The van der Waals surface area contributed by atoms with Crippen molar-refractivity contribution < 1.29 is 4.79 Å². The minimum atomic E-state index is -0.188. The van der Waals surface area contributed by atoms with Crippen LogP contribution in [-0.2, 0) is 4.79 Å². The van der Waals surface area contributed by atoms with E-state index in [9.17, 15) is 10.1 Å². The molecule has 188 valence electrons. The van der Waals surface area contributed by atoms with Crippen molar-refractivity contribution in [3.8, 4) is 6.07 Å². The Labute approximate surface area is 218 Å². The molecule has 0 spiro atoms. The second-order valence-corrected chi connectivity index (χ2v) is 9.28. The van der Waals surface area contributed by atoms with E-state index in [4.69, 9.17) is 0 Å². The molecule has 0 N–H and O–H groups in total. The lowest BCUT2D eigenvalue weighted by molar-refractivity contribution is -0.128. The predicted octanol–water partition coefficient (Wildman–Crippen LogP) is 2.94. The summed E-state index contributed by atoms with van der Waals surface area (Å²) < 4.78 is 0. The molecular formula is C29H31N7O. The molecule has 0 bridgehead atoms. The summed E-state index contributed by atoms with van der Waals surface area (Å²) in [6, 6.07) is 25.1. The van der Waals surface area contributed by atoms with Crippen LogP contribution >= 0.6 is 0 Å². The Kier molecular flexibility index (Phi) is 7.72. The van der Waals surface area contributed by atoms with Crippen LogP contribution in [0.3, 0.4) is 0 Å². The third-order valence-electron chi connectivity index (χ3n) is 7.01. The largest absolute Gasteiger partial charge is 0.373 e. The highest BCUT2D eigenvalue weighted by Crippen LogP contribution is 2.29. The minimum Gasteiger partial charge on any atom is -0.373 e. The fourth-order valence-electron chi connectivity index (χ4n) is 5.06. The number of aromatic nitrogens is 2. The molecule has 2 fully saturated rings. The molecule has 1 amide bonds. The summed E-state index contributed by atoms with van der Waals surface area (Å²) in [4.78, 5) is 30.3. The van der Waals surface area contributed by atoms with Crippen LogP contribution in [0.2, 0.25) is 0 Å². The average molecular weight is 494 g/mol. The summed E-state index contributed by atoms with van der Waals surface area (Å²) in [6.45, 7) is 5.57. The molecule has 2 aromatic carbocycles. The number of hydrogen-bond donors (Lipinski definition) is 0. The number of hydrogen-bond acceptors (Lipinski definition) is 7.